The summed E-state index contributed by atoms with van der Waals surface area (Å²) in [5.41, 5.74) is 7.31. The second-order valence-electron chi connectivity index (χ2n) is 4.01. The Morgan fingerprint density at radius 2 is 2.31 bits per heavy atom. The zero-order valence-corrected chi connectivity index (χ0v) is 7.98. The average Bonchev–Trinajstić information content (AvgIpc) is 3.00. The highest BCUT2D eigenvalue weighted by atomic mass is 14.7. The van der Waals surface area contributed by atoms with Crippen LogP contribution in [0.15, 0.2) is 24.5 Å². The quantitative estimate of drug-likeness (QED) is 0.766. The van der Waals surface area contributed by atoms with Crippen LogP contribution in [0.1, 0.15) is 31.4 Å². The highest BCUT2D eigenvalue weighted by Crippen LogP contribution is 2.41. The van der Waals surface area contributed by atoms with Gasteiger partial charge in [-0.1, -0.05) is 13.0 Å². The van der Waals surface area contributed by atoms with E-state index in [0.717, 1.165) is 5.92 Å². The minimum Gasteiger partial charge on any atom is -0.324 e. The van der Waals surface area contributed by atoms with Gasteiger partial charge in [-0.3, -0.25) is 4.98 Å². The molecule has 0 bridgehead atoms. The lowest BCUT2D eigenvalue weighted by molar-refractivity contribution is 0.416. The molecular weight excluding hydrogens is 160 g/mol. The normalized spacial score (nSPS) is 21.1. The SMILES string of the molecule is CC(C1CC1)C(N)c1cccnc1. The third-order valence-electron chi connectivity index (χ3n) is 3.00. The largest absolute Gasteiger partial charge is 0.324 e. The summed E-state index contributed by atoms with van der Waals surface area (Å²) in [5.74, 6) is 1.46. The number of aromatic nitrogens is 1. The first-order chi connectivity index (χ1) is 6.29. The van der Waals surface area contributed by atoms with E-state index in [2.05, 4.69) is 18.0 Å². The molecule has 1 heterocycles. The molecule has 0 amide bonds. The maximum Gasteiger partial charge on any atom is 0.0338 e. The van der Waals surface area contributed by atoms with Gasteiger partial charge in [0.05, 0.1) is 0 Å². The van der Waals surface area contributed by atoms with Crippen molar-refractivity contribution >= 4 is 0 Å². The van der Waals surface area contributed by atoms with Crippen LogP contribution < -0.4 is 5.73 Å². The molecule has 2 rings (SSSR count). The summed E-state index contributed by atoms with van der Waals surface area (Å²) in [7, 11) is 0. The molecule has 2 heteroatoms. The van der Waals surface area contributed by atoms with Crippen molar-refractivity contribution < 1.29 is 0 Å². The highest BCUT2D eigenvalue weighted by molar-refractivity contribution is 5.14. The second kappa shape index (κ2) is 3.46. The smallest absolute Gasteiger partial charge is 0.0338 e. The molecule has 13 heavy (non-hydrogen) atoms. The maximum atomic E-state index is 6.14. The average molecular weight is 176 g/mol. The van der Waals surface area contributed by atoms with Crippen LogP contribution in [-0.4, -0.2) is 4.98 Å². The van der Waals surface area contributed by atoms with Gasteiger partial charge in [0.2, 0.25) is 0 Å². The molecule has 1 saturated carbocycles. The van der Waals surface area contributed by atoms with Crippen LogP contribution in [0.4, 0.5) is 0 Å². The Balaban J connectivity index is 2.07. The molecule has 0 saturated heterocycles. The maximum absolute atomic E-state index is 6.14. The number of nitrogens with two attached hydrogens (primary N) is 1. The third-order valence-corrected chi connectivity index (χ3v) is 3.00. The van der Waals surface area contributed by atoms with Crippen molar-refractivity contribution in [3.05, 3.63) is 30.1 Å². The molecule has 2 unspecified atom stereocenters. The number of pyridine rings is 1. The van der Waals surface area contributed by atoms with E-state index in [9.17, 15) is 0 Å². The lowest BCUT2D eigenvalue weighted by Gasteiger charge is -2.19. The molecule has 1 fully saturated rings. The van der Waals surface area contributed by atoms with Gasteiger partial charge in [-0.15, -0.1) is 0 Å². The molecule has 70 valence electrons. The first-order valence-corrected chi connectivity index (χ1v) is 4.94. The zero-order valence-electron chi connectivity index (χ0n) is 7.98. The van der Waals surface area contributed by atoms with Crippen molar-refractivity contribution in [2.75, 3.05) is 0 Å². The monoisotopic (exact) mass is 176 g/mol. The molecule has 1 aliphatic rings. The number of rotatable bonds is 3. The second-order valence-corrected chi connectivity index (χ2v) is 4.01. The van der Waals surface area contributed by atoms with Crippen LogP contribution >= 0.6 is 0 Å². The van der Waals surface area contributed by atoms with Crippen LogP contribution in [0.5, 0.6) is 0 Å². The highest BCUT2D eigenvalue weighted by Gasteiger charge is 2.32. The molecule has 2 atom stereocenters. The first-order valence-electron chi connectivity index (χ1n) is 4.94. The summed E-state index contributed by atoms with van der Waals surface area (Å²) < 4.78 is 0. The lowest BCUT2D eigenvalue weighted by Crippen LogP contribution is -2.20. The van der Waals surface area contributed by atoms with Gasteiger partial charge in [0, 0.05) is 18.4 Å². The van der Waals surface area contributed by atoms with Crippen molar-refractivity contribution in [1.82, 2.24) is 4.98 Å². The van der Waals surface area contributed by atoms with Gasteiger partial charge in [-0.2, -0.15) is 0 Å². The molecule has 0 aromatic carbocycles. The summed E-state index contributed by atoms with van der Waals surface area (Å²) >= 11 is 0. The van der Waals surface area contributed by atoms with Crippen LogP contribution in [0, 0.1) is 11.8 Å². The van der Waals surface area contributed by atoms with E-state index in [1.165, 1.54) is 18.4 Å². The fourth-order valence-corrected chi connectivity index (χ4v) is 1.79. The summed E-state index contributed by atoms with van der Waals surface area (Å²) in [6, 6.07) is 4.19. The van der Waals surface area contributed by atoms with E-state index in [0.29, 0.717) is 5.92 Å². The molecule has 0 radical (unpaired) electrons. The molecule has 0 aliphatic heterocycles. The predicted molar refractivity (Wildman–Crippen MR) is 53.1 cm³/mol. The van der Waals surface area contributed by atoms with Crippen LogP contribution in [0.25, 0.3) is 0 Å². The molecule has 0 spiro atoms. The summed E-state index contributed by atoms with van der Waals surface area (Å²) in [6.07, 6.45) is 6.38. The van der Waals surface area contributed by atoms with Crippen LogP contribution in [-0.2, 0) is 0 Å². The van der Waals surface area contributed by atoms with Gasteiger partial charge < -0.3 is 5.73 Å². The van der Waals surface area contributed by atoms with Crippen LogP contribution in [0.2, 0.25) is 0 Å². The van der Waals surface area contributed by atoms with Gasteiger partial charge in [0.1, 0.15) is 0 Å². The Kier molecular flexibility index (Phi) is 2.32. The summed E-state index contributed by atoms with van der Waals surface area (Å²) in [4.78, 5) is 4.09. The summed E-state index contributed by atoms with van der Waals surface area (Å²) in [5, 5.41) is 0. The Morgan fingerprint density at radius 1 is 1.54 bits per heavy atom. The Hall–Kier alpha value is -0.890. The van der Waals surface area contributed by atoms with E-state index < -0.39 is 0 Å². The zero-order chi connectivity index (χ0) is 9.26. The fraction of sp³-hybridized carbons (Fsp3) is 0.545. The van der Waals surface area contributed by atoms with E-state index in [1.54, 1.807) is 6.20 Å². The molecular formula is C11H16N2. The first kappa shape index (κ1) is 8.70. The van der Waals surface area contributed by atoms with E-state index in [4.69, 9.17) is 5.73 Å². The Morgan fingerprint density at radius 3 is 2.85 bits per heavy atom. The van der Waals surface area contributed by atoms with E-state index >= 15 is 0 Å². The van der Waals surface area contributed by atoms with Gasteiger partial charge in [-0.25, -0.2) is 0 Å². The van der Waals surface area contributed by atoms with Gasteiger partial charge in [0.15, 0.2) is 0 Å². The number of hydrogen-bond donors (Lipinski definition) is 1. The van der Waals surface area contributed by atoms with Crippen molar-refractivity contribution in [3.8, 4) is 0 Å². The molecule has 1 aromatic heterocycles. The van der Waals surface area contributed by atoms with Crippen molar-refractivity contribution in [2.24, 2.45) is 17.6 Å². The molecule has 2 N–H and O–H groups in total. The standard InChI is InChI=1S/C11H16N2/c1-8(9-4-5-9)11(12)10-3-2-6-13-7-10/h2-3,6-9,11H,4-5,12H2,1H3. The Labute approximate surface area is 79.2 Å². The Bertz CT molecular complexity index is 267. The van der Waals surface area contributed by atoms with Crippen LogP contribution in [0.3, 0.4) is 0 Å². The molecule has 1 aromatic rings. The predicted octanol–water partition coefficient (Wildman–Crippen LogP) is 2.13. The third kappa shape index (κ3) is 1.89. The van der Waals surface area contributed by atoms with E-state index in [-0.39, 0.29) is 6.04 Å². The van der Waals surface area contributed by atoms with Crippen molar-refractivity contribution in [3.63, 3.8) is 0 Å². The van der Waals surface area contributed by atoms with Gasteiger partial charge >= 0.3 is 0 Å². The van der Waals surface area contributed by atoms with E-state index in [1.807, 2.05) is 12.3 Å². The molecule has 2 nitrogen and oxygen atoms in total. The topological polar surface area (TPSA) is 38.9 Å². The molecule has 1 aliphatic carbocycles. The van der Waals surface area contributed by atoms with Crippen molar-refractivity contribution in [2.45, 2.75) is 25.8 Å². The fourth-order valence-electron chi connectivity index (χ4n) is 1.79. The summed E-state index contributed by atoms with van der Waals surface area (Å²) in [6.45, 7) is 2.25. The number of hydrogen-bond acceptors (Lipinski definition) is 2. The number of nitrogens with zero attached hydrogens (tertiary/aromatic N) is 1. The lowest BCUT2D eigenvalue weighted by atomic mass is 9.92. The van der Waals surface area contributed by atoms with Gasteiger partial charge in [0.25, 0.3) is 0 Å². The minimum atomic E-state index is 0.168. The van der Waals surface area contributed by atoms with Gasteiger partial charge in [-0.05, 0) is 36.3 Å². The minimum absolute atomic E-state index is 0.168. The van der Waals surface area contributed by atoms with Crippen molar-refractivity contribution in [1.29, 1.82) is 0 Å².